The highest BCUT2D eigenvalue weighted by atomic mass is 32.2. The normalized spacial score (nSPS) is 10.7. The van der Waals surface area contributed by atoms with E-state index in [1.165, 1.54) is 18.2 Å². The Morgan fingerprint density at radius 3 is 2.38 bits per heavy atom. The van der Waals surface area contributed by atoms with Gasteiger partial charge in [-0.2, -0.15) is 18.9 Å². The molecule has 0 saturated heterocycles. The van der Waals surface area contributed by atoms with Gasteiger partial charge in [-0.1, -0.05) is 29.8 Å². The molecule has 1 heterocycles. The van der Waals surface area contributed by atoms with Crippen LogP contribution in [0.25, 0.3) is 17.0 Å². The number of hydrogen-bond donors (Lipinski definition) is 1. The van der Waals surface area contributed by atoms with Crippen LogP contribution in [-0.4, -0.2) is 13.4 Å². The third-order valence-corrected chi connectivity index (χ3v) is 4.95. The van der Waals surface area contributed by atoms with Crippen LogP contribution in [-0.2, 0) is 10.1 Å². The van der Waals surface area contributed by atoms with Crippen LogP contribution in [0.4, 0.5) is 0 Å². The van der Waals surface area contributed by atoms with Crippen molar-refractivity contribution in [2.75, 3.05) is 0 Å². The van der Waals surface area contributed by atoms with Crippen LogP contribution in [0.5, 0.6) is 5.75 Å². The van der Waals surface area contributed by atoms with Crippen molar-refractivity contribution in [3.05, 3.63) is 65.4 Å². The zero-order valence-corrected chi connectivity index (χ0v) is 14.5. The maximum atomic E-state index is 12.6. The SMILES string of the molecule is Cc1ccc(S(=O)(=O)Oc2c(C=C(C#N)C#N)[nH]c3ccccc23)cc1. The molecule has 0 atom stereocenters. The third kappa shape index (κ3) is 3.30. The van der Waals surface area contributed by atoms with Crippen molar-refractivity contribution in [3.8, 4) is 17.9 Å². The average Bonchev–Trinajstić information content (AvgIpc) is 2.97. The van der Waals surface area contributed by atoms with Crippen molar-refractivity contribution in [1.82, 2.24) is 4.98 Å². The van der Waals surface area contributed by atoms with E-state index in [-0.39, 0.29) is 21.9 Å². The van der Waals surface area contributed by atoms with Crippen molar-refractivity contribution in [2.45, 2.75) is 11.8 Å². The van der Waals surface area contributed by atoms with Crippen molar-refractivity contribution < 1.29 is 12.6 Å². The second-order valence-corrected chi connectivity index (χ2v) is 7.09. The Morgan fingerprint density at radius 2 is 1.73 bits per heavy atom. The number of benzene rings is 2. The molecule has 0 aliphatic rings. The zero-order chi connectivity index (χ0) is 18.7. The molecule has 0 amide bonds. The van der Waals surface area contributed by atoms with Gasteiger partial charge in [0.15, 0.2) is 5.75 Å². The first-order valence-corrected chi connectivity index (χ1v) is 8.99. The van der Waals surface area contributed by atoms with Gasteiger partial charge in [-0.15, -0.1) is 0 Å². The van der Waals surface area contributed by atoms with E-state index in [1.54, 1.807) is 48.5 Å². The summed E-state index contributed by atoms with van der Waals surface area (Å²) in [7, 11) is -4.08. The predicted molar refractivity (Wildman–Crippen MR) is 96.5 cm³/mol. The molecule has 128 valence electrons. The van der Waals surface area contributed by atoms with E-state index in [0.29, 0.717) is 10.9 Å². The summed E-state index contributed by atoms with van der Waals surface area (Å²) in [6, 6.07) is 16.7. The minimum Gasteiger partial charge on any atom is -0.376 e. The molecule has 2 aromatic carbocycles. The second-order valence-electron chi connectivity index (χ2n) is 5.55. The van der Waals surface area contributed by atoms with Crippen LogP contribution in [0.2, 0.25) is 0 Å². The van der Waals surface area contributed by atoms with E-state index in [4.69, 9.17) is 14.7 Å². The summed E-state index contributed by atoms with van der Waals surface area (Å²) in [5.74, 6) is 0.0455. The summed E-state index contributed by atoms with van der Waals surface area (Å²) < 4.78 is 30.7. The number of nitriles is 2. The Balaban J connectivity index is 2.15. The summed E-state index contributed by atoms with van der Waals surface area (Å²) in [5, 5.41) is 18.5. The van der Waals surface area contributed by atoms with E-state index in [9.17, 15) is 8.42 Å². The summed E-state index contributed by atoms with van der Waals surface area (Å²) in [5.41, 5.74) is 1.62. The Hall–Kier alpha value is -3.55. The lowest BCUT2D eigenvalue weighted by Crippen LogP contribution is -2.10. The van der Waals surface area contributed by atoms with Crippen LogP contribution < -0.4 is 4.18 Å². The van der Waals surface area contributed by atoms with Gasteiger partial charge in [0.1, 0.15) is 22.6 Å². The summed E-state index contributed by atoms with van der Waals surface area (Å²) in [6.07, 6.45) is 1.26. The predicted octanol–water partition coefficient (Wildman–Crippen LogP) is 3.67. The smallest absolute Gasteiger partial charge is 0.339 e. The molecule has 7 heteroatoms. The number of nitrogens with one attached hydrogen (secondary N) is 1. The number of rotatable bonds is 4. The fourth-order valence-electron chi connectivity index (χ4n) is 2.43. The molecule has 0 aliphatic heterocycles. The molecule has 0 saturated carbocycles. The van der Waals surface area contributed by atoms with E-state index in [0.717, 1.165) is 5.56 Å². The highest BCUT2D eigenvalue weighted by molar-refractivity contribution is 7.87. The van der Waals surface area contributed by atoms with Gasteiger partial charge in [0.25, 0.3) is 0 Å². The molecule has 0 bridgehead atoms. The van der Waals surface area contributed by atoms with Crippen LogP contribution in [0, 0.1) is 29.6 Å². The number of aromatic amines is 1. The van der Waals surface area contributed by atoms with Gasteiger partial charge in [0, 0.05) is 10.9 Å². The highest BCUT2D eigenvalue weighted by Gasteiger charge is 2.21. The Bertz CT molecular complexity index is 1180. The second kappa shape index (κ2) is 6.75. The molecule has 1 N–H and O–H groups in total. The standard InChI is InChI=1S/C19H13N3O3S/c1-13-6-8-15(9-7-13)26(23,24)25-19-16-4-2-3-5-17(16)22-18(19)10-14(11-20)12-21/h2-10,22H,1H3. The molecule has 3 rings (SSSR count). The Morgan fingerprint density at radius 1 is 1.08 bits per heavy atom. The third-order valence-electron chi connectivity index (χ3n) is 3.72. The molecule has 0 radical (unpaired) electrons. The molecule has 0 spiro atoms. The van der Waals surface area contributed by atoms with E-state index in [1.807, 2.05) is 6.92 Å². The summed E-state index contributed by atoms with van der Waals surface area (Å²) in [6.45, 7) is 1.85. The molecule has 3 aromatic rings. The van der Waals surface area contributed by atoms with Crippen LogP contribution in [0.15, 0.2) is 59.0 Å². The number of aromatic nitrogens is 1. The maximum absolute atomic E-state index is 12.6. The maximum Gasteiger partial charge on any atom is 0.339 e. The van der Waals surface area contributed by atoms with Crippen molar-refractivity contribution >= 4 is 27.1 Å². The van der Waals surface area contributed by atoms with Gasteiger partial charge in [-0.05, 0) is 37.3 Å². The fourth-order valence-corrected chi connectivity index (χ4v) is 3.39. The first kappa shape index (κ1) is 17.3. The van der Waals surface area contributed by atoms with E-state index >= 15 is 0 Å². The molecule has 1 aromatic heterocycles. The number of nitrogens with zero attached hydrogens (tertiary/aromatic N) is 2. The van der Waals surface area contributed by atoms with Gasteiger partial charge in [0.2, 0.25) is 0 Å². The van der Waals surface area contributed by atoms with E-state index < -0.39 is 10.1 Å². The van der Waals surface area contributed by atoms with Gasteiger partial charge in [0.05, 0.1) is 5.69 Å². The molecule has 0 unspecified atom stereocenters. The van der Waals surface area contributed by atoms with Gasteiger partial charge in [-0.25, -0.2) is 0 Å². The van der Waals surface area contributed by atoms with Crippen molar-refractivity contribution in [2.24, 2.45) is 0 Å². The number of H-pyrrole nitrogens is 1. The van der Waals surface area contributed by atoms with Crippen LogP contribution >= 0.6 is 0 Å². The quantitative estimate of drug-likeness (QED) is 0.562. The Labute approximate surface area is 150 Å². The average molecular weight is 363 g/mol. The first-order chi connectivity index (χ1) is 12.4. The topological polar surface area (TPSA) is 107 Å². The minimum absolute atomic E-state index is 0.0177. The van der Waals surface area contributed by atoms with Gasteiger partial charge >= 0.3 is 10.1 Å². The van der Waals surface area contributed by atoms with Crippen LogP contribution in [0.1, 0.15) is 11.3 Å². The van der Waals surface area contributed by atoms with E-state index in [2.05, 4.69) is 4.98 Å². The monoisotopic (exact) mass is 363 g/mol. The molecule has 0 aliphatic carbocycles. The number of para-hydroxylation sites is 1. The number of aryl methyl sites for hydroxylation is 1. The Kier molecular flexibility index (Phi) is 4.49. The lowest BCUT2D eigenvalue weighted by Gasteiger charge is -2.07. The number of fused-ring (bicyclic) bond motifs is 1. The van der Waals surface area contributed by atoms with Crippen molar-refractivity contribution in [1.29, 1.82) is 10.5 Å². The first-order valence-electron chi connectivity index (χ1n) is 7.58. The lowest BCUT2D eigenvalue weighted by atomic mass is 10.2. The largest absolute Gasteiger partial charge is 0.376 e. The molecule has 6 nitrogen and oxygen atoms in total. The minimum atomic E-state index is -4.08. The lowest BCUT2D eigenvalue weighted by molar-refractivity contribution is 0.488. The molecular weight excluding hydrogens is 350 g/mol. The fraction of sp³-hybridized carbons (Fsp3) is 0.0526. The summed E-state index contributed by atoms with van der Waals surface area (Å²) >= 11 is 0. The highest BCUT2D eigenvalue weighted by Crippen LogP contribution is 2.33. The van der Waals surface area contributed by atoms with Gasteiger partial charge in [-0.3, -0.25) is 0 Å². The molecule has 0 fully saturated rings. The summed E-state index contributed by atoms with van der Waals surface area (Å²) in [4.78, 5) is 3.00. The molecule has 26 heavy (non-hydrogen) atoms. The van der Waals surface area contributed by atoms with Crippen molar-refractivity contribution in [3.63, 3.8) is 0 Å². The number of allylic oxidation sites excluding steroid dienone is 1. The molecular formula is C19H13N3O3S. The van der Waals surface area contributed by atoms with Gasteiger partial charge < -0.3 is 9.17 Å². The zero-order valence-electron chi connectivity index (χ0n) is 13.7. The number of hydrogen-bond acceptors (Lipinski definition) is 5. The van der Waals surface area contributed by atoms with Crippen LogP contribution in [0.3, 0.4) is 0 Å².